The Hall–Kier alpha value is -3.22. The molecule has 0 saturated carbocycles. The summed E-state index contributed by atoms with van der Waals surface area (Å²) in [5.41, 5.74) is 7.78. The van der Waals surface area contributed by atoms with Gasteiger partial charge in [-0.2, -0.15) is 0 Å². The summed E-state index contributed by atoms with van der Waals surface area (Å²) in [7, 11) is 0. The van der Waals surface area contributed by atoms with E-state index in [-0.39, 0.29) is 5.41 Å². The second-order valence-corrected chi connectivity index (χ2v) is 8.11. The van der Waals surface area contributed by atoms with Gasteiger partial charge in [0.25, 0.3) is 0 Å². The first kappa shape index (κ1) is 19.1. The maximum absolute atomic E-state index is 3.37. The van der Waals surface area contributed by atoms with Gasteiger partial charge in [-0.1, -0.05) is 86.1 Å². The highest BCUT2D eigenvalue weighted by molar-refractivity contribution is 5.81. The zero-order valence-electron chi connectivity index (χ0n) is 17.3. The Kier molecular flexibility index (Phi) is 5.55. The lowest BCUT2D eigenvalue weighted by atomic mass is 9.82. The van der Waals surface area contributed by atoms with Crippen LogP contribution in [0.1, 0.15) is 61.8 Å². The molecule has 4 rings (SSSR count). The highest BCUT2D eigenvalue weighted by Crippen LogP contribution is 2.48. The minimum atomic E-state index is 0.0427. The summed E-state index contributed by atoms with van der Waals surface area (Å²) >= 11 is 0. The fraction of sp³-hybridized carbons (Fsp3) is 0.241. The van der Waals surface area contributed by atoms with E-state index in [9.17, 15) is 0 Å². The van der Waals surface area contributed by atoms with Crippen LogP contribution in [0.3, 0.4) is 0 Å². The maximum atomic E-state index is 3.37. The number of unbranched alkanes of at least 4 members (excludes halogenated alkanes) is 3. The topological polar surface area (TPSA) is 0 Å². The van der Waals surface area contributed by atoms with Crippen LogP contribution in [0, 0.1) is 23.7 Å². The van der Waals surface area contributed by atoms with Crippen LogP contribution in [0.2, 0.25) is 0 Å². The van der Waals surface area contributed by atoms with Crippen LogP contribution >= 0.6 is 0 Å². The van der Waals surface area contributed by atoms with Gasteiger partial charge < -0.3 is 0 Å². The van der Waals surface area contributed by atoms with Crippen LogP contribution in [-0.4, -0.2) is 0 Å². The van der Waals surface area contributed by atoms with Crippen LogP contribution in [0.4, 0.5) is 0 Å². The Labute approximate surface area is 175 Å². The molecule has 0 unspecified atom stereocenters. The quantitative estimate of drug-likeness (QED) is 0.343. The van der Waals surface area contributed by atoms with Crippen molar-refractivity contribution in [2.75, 3.05) is 0 Å². The number of fused-ring (bicyclic) bond motifs is 3. The number of hydrogen-bond donors (Lipinski definition) is 0. The van der Waals surface area contributed by atoms with Gasteiger partial charge in [0, 0.05) is 29.4 Å². The van der Waals surface area contributed by atoms with Gasteiger partial charge in [-0.25, -0.2) is 0 Å². The fourth-order valence-corrected chi connectivity index (χ4v) is 4.06. The summed E-state index contributed by atoms with van der Waals surface area (Å²) in [6.45, 7) is 4.62. The van der Waals surface area contributed by atoms with E-state index in [1.54, 1.807) is 0 Å². The molecule has 1 aliphatic rings. The molecule has 0 heterocycles. The van der Waals surface area contributed by atoms with E-state index < -0.39 is 0 Å². The summed E-state index contributed by atoms with van der Waals surface area (Å²) < 4.78 is 0. The molecule has 0 N–H and O–H groups in total. The summed E-state index contributed by atoms with van der Waals surface area (Å²) in [5, 5.41) is 0. The Morgan fingerprint density at radius 1 is 0.621 bits per heavy atom. The van der Waals surface area contributed by atoms with Crippen molar-refractivity contribution in [1.29, 1.82) is 0 Å². The van der Waals surface area contributed by atoms with E-state index in [0.717, 1.165) is 36.8 Å². The SMILES string of the molecule is CC1(C)c2ccccc2-c2ccc(C#CCCCCC#Cc3ccccc3)cc21. The number of hydrogen-bond acceptors (Lipinski definition) is 0. The van der Waals surface area contributed by atoms with Crippen LogP contribution in [0.5, 0.6) is 0 Å². The second kappa shape index (κ2) is 8.43. The second-order valence-electron chi connectivity index (χ2n) is 8.11. The Morgan fingerprint density at radius 3 is 2.00 bits per heavy atom. The maximum Gasteiger partial charge on any atom is 0.0248 e. The number of benzene rings is 3. The van der Waals surface area contributed by atoms with Crippen molar-refractivity contribution in [3.05, 3.63) is 95.1 Å². The normalized spacial score (nSPS) is 12.8. The molecular weight excluding hydrogens is 348 g/mol. The molecule has 0 fully saturated rings. The molecular formula is C29H26. The molecule has 0 atom stereocenters. The minimum absolute atomic E-state index is 0.0427. The molecule has 0 heteroatoms. The molecule has 0 saturated heterocycles. The molecule has 1 aliphatic carbocycles. The van der Waals surface area contributed by atoms with Gasteiger partial charge in [-0.15, -0.1) is 0 Å². The molecule has 0 spiro atoms. The van der Waals surface area contributed by atoms with E-state index in [2.05, 4.69) is 92.1 Å². The predicted octanol–water partition coefficient (Wildman–Crippen LogP) is 6.96. The lowest BCUT2D eigenvalue weighted by Gasteiger charge is -2.21. The highest BCUT2D eigenvalue weighted by Gasteiger charge is 2.34. The van der Waals surface area contributed by atoms with Crippen molar-refractivity contribution in [1.82, 2.24) is 0 Å². The monoisotopic (exact) mass is 374 g/mol. The van der Waals surface area contributed by atoms with Crippen molar-refractivity contribution >= 4 is 0 Å². The molecule has 3 aromatic carbocycles. The van der Waals surface area contributed by atoms with Crippen LogP contribution in [-0.2, 0) is 5.41 Å². The third kappa shape index (κ3) is 4.13. The Bertz CT molecular complexity index is 1130. The smallest absolute Gasteiger partial charge is 0.0248 e. The molecule has 0 aliphatic heterocycles. The molecule has 0 bridgehead atoms. The Morgan fingerprint density at radius 2 is 1.24 bits per heavy atom. The van der Waals surface area contributed by atoms with Crippen LogP contribution < -0.4 is 0 Å². The van der Waals surface area contributed by atoms with E-state index in [1.807, 2.05) is 18.2 Å². The minimum Gasteiger partial charge on any atom is -0.0979 e. The molecule has 0 aromatic heterocycles. The van der Waals surface area contributed by atoms with Gasteiger partial charge in [0.2, 0.25) is 0 Å². The standard InChI is InChI=1S/C29H26/c1-29(2)27-19-13-12-18-25(27)26-21-20-24(22-28(26)29)17-9-6-4-3-5-8-14-23-15-10-7-11-16-23/h7,10-13,15-16,18-22H,3-6H2,1-2H3. The lowest BCUT2D eigenvalue weighted by molar-refractivity contribution is 0.660. The zero-order chi connectivity index (χ0) is 20.1. The van der Waals surface area contributed by atoms with Gasteiger partial charge >= 0.3 is 0 Å². The third-order valence-corrected chi connectivity index (χ3v) is 5.68. The summed E-state index contributed by atoms with van der Waals surface area (Å²) in [5.74, 6) is 13.2. The van der Waals surface area contributed by atoms with Crippen LogP contribution in [0.15, 0.2) is 72.8 Å². The van der Waals surface area contributed by atoms with Crippen molar-refractivity contribution < 1.29 is 0 Å². The van der Waals surface area contributed by atoms with Gasteiger partial charge in [0.1, 0.15) is 0 Å². The van der Waals surface area contributed by atoms with E-state index in [1.165, 1.54) is 22.3 Å². The van der Waals surface area contributed by atoms with Gasteiger partial charge in [0.15, 0.2) is 0 Å². The van der Waals surface area contributed by atoms with Crippen molar-refractivity contribution in [2.24, 2.45) is 0 Å². The van der Waals surface area contributed by atoms with Gasteiger partial charge in [-0.3, -0.25) is 0 Å². The summed E-state index contributed by atoms with van der Waals surface area (Å²) in [6.07, 6.45) is 4.05. The van der Waals surface area contributed by atoms with Crippen molar-refractivity contribution in [2.45, 2.75) is 44.9 Å². The highest BCUT2D eigenvalue weighted by atomic mass is 14.4. The predicted molar refractivity (Wildman–Crippen MR) is 123 cm³/mol. The molecule has 3 aromatic rings. The first-order chi connectivity index (χ1) is 14.2. The zero-order valence-corrected chi connectivity index (χ0v) is 17.3. The van der Waals surface area contributed by atoms with Crippen molar-refractivity contribution in [3.8, 4) is 34.8 Å². The molecule has 142 valence electrons. The molecule has 0 amide bonds. The van der Waals surface area contributed by atoms with E-state index in [4.69, 9.17) is 0 Å². The Balaban J connectivity index is 1.34. The average molecular weight is 375 g/mol. The molecule has 29 heavy (non-hydrogen) atoms. The fourth-order valence-electron chi connectivity index (χ4n) is 4.06. The molecule has 0 radical (unpaired) electrons. The van der Waals surface area contributed by atoms with Crippen molar-refractivity contribution in [3.63, 3.8) is 0 Å². The lowest BCUT2D eigenvalue weighted by Crippen LogP contribution is -2.14. The van der Waals surface area contributed by atoms with E-state index in [0.29, 0.717) is 0 Å². The van der Waals surface area contributed by atoms with Gasteiger partial charge in [0.05, 0.1) is 0 Å². The number of rotatable bonds is 3. The van der Waals surface area contributed by atoms with E-state index >= 15 is 0 Å². The first-order valence-electron chi connectivity index (χ1n) is 10.4. The largest absolute Gasteiger partial charge is 0.0979 e. The summed E-state index contributed by atoms with van der Waals surface area (Å²) in [4.78, 5) is 0. The molecule has 0 nitrogen and oxygen atoms in total. The average Bonchev–Trinajstić information content (AvgIpc) is 2.98. The van der Waals surface area contributed by atoms with Gasteiger partial charge in [-0.05, 0) is 59.4 Å². The van der Waals surface area contributed by atoms with Crippen LogP contribution in [0.25, 0.3) is 11.1 Å². The first-order valence-corrected chi connectivity index (χ1v) is 10.4. The summed E-state index contributed by atoms with van der Waals surface area (Å²) in [6, 6.07) is 25.6. The third-order valence-electron chi connectivity index (χ3n) is 5.68.